The highest BCUT2D eigenvalue weighted by molar-refractivity contribution is 7.92. The van der Waals surface area contributed by atoms with Crippen LogP contribution >= 0.6 is 0 Å². The van der Waals surface area contributed by atoms with E-state index in [0.29, 0.717) is 0 Å². The van der Waals surface area contributed by atoms with Crippen LogP contribution in [0, 0.1) is 26.2 Å². The van der Waals surface area contributed by atoms with Crippen LogP contribution in [0.25, 0.3) is 0 Å². The van der Waals surface area contributed by atoms with E-state index in [4.69, 9.17) is 6.42 Å². The monoisotopic (exact) mass is 289 g/mol. The second-order valence-electron chi connectivity index (χ2n) is 4.43. The van der Waals surface area contributed by atoms with E-state index in [0.717, 1.165) is 11.3 Å². The van der Waals surface area contributed by atoms with Crippen molar-refractivity contribution in [1.82, 2.24) is 9.55 Å². The molecule has 1 aromatic carbocycles. The summed E-state index contributed by atoms with van der Waals surface area (Å²) in [5, 5.41) is 0. The van der Waals surface area contributed by atoms with Crippen LogP contribution in [0.15, 0.2) is 35.4 Å². The standard InChI is InChI=1S/C14H15N3O2S/c1-4-9-17-12(3)10-15-14(17)16-20(18,19)13-7-5-11(2)6-8-13/h1,5-8,10H,9H2,2-3H3,(H,15,16). The van der Waals surface area contributed by atoms with Gasteiger partial charge >= 0.3 is 0 Å². The minimum atomic E-state index is -3.66. The Morgan fingerprint density at radius 1 is 1.30 bits per heavy atom. The van der Waals surface area contributed by atoms with E-state index < -0.39 is 10.0 Å². The van der Waals surface area contributed by atoms with Crippen molar-refractivity contribution >= 4 is 16.0 Å². The third-order valence-electron chi connectivity index (χ3n) is 2.86. The van der Waals surface area contributed by atoms with Crippen molar-refractivity contribution in [2.45, 2.75) is 25.3 Å². The van der Waals surface area contributed by atoms with Gasteiger partial charge < -0.3 is 4.57 Å². The van der Waals surface area contributed by atoms with Crippen LogP contribution in [0.2, 0.25) is 0 Å². The van der Waals surface area contributed by atoms with Gasteiger partial charge in [-0.05, 0) is 26.0 Å². The second-order valence-corrected chi connectivity index (χ2v) is 6.11. The average molecular weight is 289 g/mol. The first kappa shape index (κ1) is 14.2. The lowest BCUT2D eigenvalue weighted by molar-refractivity contribution is 0.600. The minimum absolute atomic E-state index is 0.191. The summed E-state index contributed by atoms with van der Waals surface area (Å²) in [5.74, 6) is 2.70. The Morgan fingerprint density at radius 2 is 1.95 bits per heavy atom. The fourth-order valence-corrected chi connectivity index (χ4v) is 2.75. The van der Waals surface area contributed by atoms with E-state index in [9.17, 15) is 8.42 Å². The molecule has 0 bridgehead atoms. The van der Waals surface area contributed by atoms with Crippen LogP contribution in [0.5, 0.6) is 0 Å². The number of imidazole rings is 1. The van der Waals surface area contributed by atoms with E-state index in [2.05, 4.69) is 15.6 Å². The molecule has 0 atom stereocenters. The Morgan fingerprint density at radius 3 is 2.55 bits per heavy atom. The number of benzene rings is 1. The first-order valence-electron chi connectivity index (χ1n) is 5.99. The molecule has 0 amide bonds. The molecular weight excluding hydrogens is 274 g/mol. The van der Waals surface area contributed by atoms with Gasteiger partial charge in [0.1, 0.15) is 0 Å². The Bertz CT molecular complexity index is 753. The van der Waals surface area contributed by atoms with Crippen LogP contribution in [-0.2, 0) is 16.6 Å². The lowest BCUT2D eigenvalue weighted by atomic mass is 10.2. The molecule has 1 heterocycles. The van der Waals surface area contributed by atoms with Gasteiger partial charge in [-0.3, -0.25) is 0 Å². The number of nitrogens with zero attached hydrogens (tertiary/aromatic N) is 2. The summed E-state index contributed by atoms with van der Waals surface area (Å²) >= 11 is 0. The highest BCUT2D eigenvalue weighted by Gasteiger charge is 2.17. The summed E-state index contributed by atoms with van der Waals surface area (Å²) < 4.78 is 28.6. The van der Waals surface area contributed by atoms with Gasteiger partial charge in [-0.1, -0.05) is 23.6 Å². The quantitative estimate of drug-likeness (QED) is 0.875. The normalized spacial score (nSPS) is 11.1. The number of hydrogen-bond acceptors (Lipinski definition) is 3. The van der Waals surface area contributed by atoms with E-state index in [1.54, 1.807) is 35.0 Å². The van der Waals surface area contributed by atoms with Gasteiger partial charge in [0.05, 0.1) is 17.6 Å². The number of hydrogen-bond donors (Lipinski definition) is 1. The van der Waals surface area contributed by atoms with E-state index in [1.807, 2.05) is 13.8 Å². The molecule has 0 spiro atoms. The molecule has 6 heteroatoms. The predicted octanol–water partition coefficient (Wildman–Crippen LogP) is 1.93. The van der Waals surface area contributed by atoms with Crippen LogP contribution in [0.3, 0.4) is 0 Å². The third kappa shape index (κ3) is 2.83. The Labute approximate surface area is 118 Å². The lowest BCUT2D eigenvalue weighted by Crippen LogP contribution is -2.17. The summed E-state index contributed by atoms with van der Waals surface area (Å²) in [6.07, 6.45) is 6.85. The van der Waals surface area contributed by atoms with Gasteiger partial charge in [-0.25, -0.2) is 18.1 Å². The second kappa shape index (κ2) is 5.39. The summed E-state index contributed by atoms with van der Waals surface area (Å²) in [4.78, 5) is 4.23. The van der Waals surface area contributed by atoms with Crippen molar-refractivity contribution in [3.05, 3.63) is 41.7 Å². The van der Waals surface area contributed by atoms with Gasteiger partial charge in [0.25, 0.3) is 10.0 Å². The van der Waals surface area contributed by atoms with Crippen molar-refractivity contribution in [2.24, 2.45) is 0 Å². The first-order chi connectivity index (χ1) is 9.44. The molecule has 0 unspecified atom stereocenters. The number of terminal acetylenes is 1. The van der Waals surface area contributed by atoms with Crippen molar-refractivity contribution < 1.29 is 8.42 Å². The average Bonchev–Trinajstić information content (AvgIpc) is 2.72. The van der Waals surface area contributed by atoms with Crippen LogP contribution < -0.4 is 4.72 Å². The highest BCUT2D eigenvalue weighted by atomic mass is 32.2. The molecule has 2 rings (SSSR count). The van der Waals surface area contributed by atoms with Crippen molar-refractivity contribution in [1.29, 1.82) is 0 Å². The summed E-state index contributed by atoms with van der Waals surface area (Å²) in [5.41, 5.74) is 1.79. The predicted molar refractivity (Wildman–Crippen MR) is 77.8 cm³/mol. The molecule has 1 N–H and O–H groups in total. The molecule has 0 fully saturated rings. The smallest absolute Gasteiger partial charge is 0.264 e. The number of sulfonamides is 1. The van der Waals surface area contributed by atoms with Crippen molar-refractivity contribution in [2.75, 3.05) is 4.72 Å². The number of aryl methyl sites for hydroxylation is 2. The Hall–Kier alpha value is -2.26. The Balaban J connectivity index is 2.34. The largest absolute Gasteiger partial charge is 0.302 e. The SMILES string of the molecule is C#CCn1c(C)cnc1NS(=O)(=O)c1ccc(C)cc1. The molecule has 5 nitrogen and oxygen atoms in total. The molecule has 0 saturated heterocycles. The van der Waals surface area contributed by atoms with Crippen molar-refractivity contribution in [3.63, 3.8) is 0 Å². The zero-order valence-corrected chi connectivity index (χ0v) is 12.1. The van der Waals surface area contributed by atoms with Crippen molar-refractivity contribution in [3.8, 4) is 12.3 Å². The molecule has 104 valence electrons. The third-order valence-corrected chi connectivity index (χ3v) is 4.21. The number of nitrogens with one attached hydrogen (secondary N) is 1. The maximum absolute atomic E-state index is 12.3. The van der Waals surface area contributed by atoms with Crippen LogP contribution in [0.1, 0.15) is 11.3 Å². The fraction of sp³-hybridized carbons (Fsp3) is 0.214. The Kier molecular flexibility index (Phi) is 3.81. The number of rotatable bonds is 4. The molecule has 2 aromatic rings. The summed E-state index contributed by atoms with van der Waals surface area (Å²) in [6, 6.07) is 6.60. The zero-order valence-electron chi connectivity index (χ0n) is 11.3. The maximum Gasteiger partial charge on any atom is 0.264 e. The number of aromatic nitrogens is 2. The zero-order chi connectivity index (χ0) is 14.8. The molecule has 0 aliphatic rings. The van der Waals surface area contributed by atoms with E-state index >= 15 is 0 Å². The molecule has 0 radical (unpaired) electrons. The molecule has 1 aromatic heterocycles. The minimum Gasteiger partial charge on any atom is -0.302 e. The fourth-order valence-electron chi connectivity index (χ4n) is 1.73. The summed E-state index contributed by atoms with van der Waals surface area (Å²) in [7, 11) is -3.66. The topological polar surface area (TPSA) is 64.0 Å². The maximum atomic E-state index is 12.3. The van der Waals surface area contributed by atoms with Gasteiger partial charge in [-0.15, -0.1) is 6.42 Å². The van der Waals surface area contributed by atoms with Gasteiger partial charge in [-0.2, -0.15) is 0 Å². The molecule has 0 aliphatic carbocycles. The highest BCUT2D eigenvalue weighted by Crippen LogP contribution is 2.16. The molecule has 20 heavy (non-hydrogen) atoms. The van der Waals surface area contributed by atoms with Crippen LogP contribution in [-0.4, -0.2) is 18.0 Å². The molecule has 0 saturated carbocycles. The number of anilines is 1. The van der Waals surface area contributed by atoms with Gasteiger partial charge in [0.15, 0.2) is 0 Å². The first-order valence-corrected chi connectivity index (χ1v) is 7.47. The van der Waals surface area contributed by atoms with E-state index in [-0.39, 0.29) is 17.4 Å². The van der Waals surface area contributed by atoms with E-state index in [1.165, 1.54) is 0 Å². The molecular formula is C14H15N3O2S. The summed E-state index contributed by atoms with van der Waals surface area (Å²) in [6.45, 7) is 3.97. The molecule has 0 aliphatic heterocycles. The van der Waals surface area contributed by atoms with Gasteiger partial charge in [0, 0.05) is 5.69 Å². The van der Waals surface area contributed by atoms with Crippen LogP contribution in [0.4, 0.5) is 5.95 Å². The van der Waals surface area contributed by atoms with Gasteiger partial charge in [0.2, 0.25) is 5.95 Å². The lowest BCUT2D eigenvalue weighted by Gasteiger charge is -2.10.